The average molecular weight is 672 g/mol. The molecule has 9 heteroatoms. The molecular formula is C40H34ClN3O5. The number of allylic oxidation sites excluding steroid dienone is 2. The number of nitrogens with one attached hydrogen (secondary N) is 1. The van der Waals surface area contributed by atoms with Crippen molar-refractivity contribution in [1.82, 2.24) is 9.91 Å². The van der Waals surface area contributed by atoms with Crippen LogP contribution < -0.4 is 5.43 Å². The molecule has 2 heterocycles. The van der Waals surface area contributed by atoms with Crippen LogP contribution in [0.15, 0.2) is 115 Å². The summed E-state index contributed by atoms with van der Waals surface area (Å²) in [5.74, 6) is -5.07. The molecule has 6 atom stereocenters. The number of phenolic OH excluding ortho intramolecular Hbond substituents is 1. The Morgan fingerprint density at radius 2 is 1.53 bits per heavy atom. The maximum absolute atomic E-state index is 15.2. The molecule has 8 rings (SSSR count). The van der Waals surface area contributed by atoms with Crippen LogP contribution in [-0.4, -0.2) is 38.6 Å². The van der Waals surface area contributed by atoms with Crippen LogP contribution in [0.4, 0.5) is 5.69 Å². The Hall–Kier alpha value is -5.21. The molecular weight excluding hydrogens is 638 g/mol. The predicted molar refractivity (Wildman–Crippen MR) is 184 cm³/mol. The highest BCUT2D eigenvalue weighted by molar-refractivity contribution is 6.30. The fourth-order valence-electron chi connectivity index (χ4n) is 8.84. The first-order chi connectivity index (χ1) is 23.7. The predicted octanol–water partition coefficient (Wildman–Crippen LogP) is 6.54. The lowest BCUT2D eigenvalue weighted by Crippen LogP contribution is -2.53. The summed E-state index contributed by atoms with van der Waals surface area (Å²) in [7, 11) is 0. The van der Waals surface area contributed by atoms with E-state index in [0.29, 0.717) is 28.3 Å². The second-order valence-electron chi connectivity index (χ2n) is 13.5. The average Bonchev–Trinajstić information content (AvgIpc) is 3.48. The minimum absolute atomic E-state index is 0.0724. The number of imide groups is 2. The minimum atomic E-state index is -1.48. The number of benzene rings is 4. The number of halogens is 1. The Morgan fingerprint density at radius 1 is 0.837 bits per heavy atom. The number of nitrogens with zero attached hydrogens (tertiary/aromatic N) is 2. The van der Waals surface area contributed by atoms with Crippen LogP contribution in [-0.2, 0) is 31.1 Å². The molecule has 2 saturated heterocycles. The maximum Gasteiger partial charge on any atom is 0.260 e. The van der Waals surface area contributed by atoms with Gasteiger partial charge in [-0.1, -0.05) is 102 Å². The lowest BCUT2D eigenvalue weighted by molar-refractivity contribution is -0.142. The number of aromatic hydroxyl groups is 1. The van der Waals surface area contributed by atoms with E-state index >= 15 is 4.79 Å². The van der Waals surface area contributed by atoms with Crippen molar-refractivity contribution in [3.8, 4) is 5.75 Å². The summed E-state index contributed by atoms with van der Waals surface area (Å²) in [5.41, 5.74) is 5.83. The number of phenols is 1. The van der Waals surface area contributed by atoms with Crippen LogP contribution in [0, 0.1) is 30.6 Å². The summed E-state index contributed by atoms with van der Waals surface area (Å²) >= 11 is 6.58. The molecule has 4 aromatic rings. The quantitative estimate of drug-likeness (QED) is 0.178. The van der Waals surface area contributed by atoms with E-state index in [1.807, 2.05) is 97.9 Å². The van der Waals surface area contributed by atoms with Crippen LogP contribution in [0.3, 0.4) is 0 Å². The molecule has 4 amide bonds. The highest BCUT2D eigenvalue weighted by Crippen LogP contribution is 2.65. The maximum atomic E-state index is 15.2. The van der Waals surface area contributed by atoms with Crippen LogP contribution in [0.1, 0.15) is 41.0 Å². The Labute approximate surface area is 289 Å². The number of carbonyl (C=O) groups excluding carboxylic acids is 4. The van der Waals surface area contributed by atoms with Crippen molar-refractivity contribution >= 4 is 40.9 Å². The van der Waals surface area contributed by atoms with Gasteiger partial charge in [0.2, 0.25) is 11.8 Å². The summed E-state index contributed by atoms with van der Waals surface area (Å²) < 4.78 is 0. The Kier molecular flexibility index (Phi) is 7.45. The van der Waals surface area contributed by atoms with E-state index in [0.717, 1.165) is 21.7 Å². The molecule has 8 nitrogen and oxygen atoms in total. The molecule has 0 aromatic heterocycles. The number of anilines is 1. The third-order valence-corrected chi connectivity index (χ3v) is 11.2. The lowest BCUT2D eigenvalue weighted by Gasteiger charge is -2.50. The molecule has 6 unspecified atom stereocenters. The standard InChI is InChI=1S/C40H34ClN3O5/c1-23-12-15-27(16-13-23)42-44-37(47)32-21-30-28(17-18-29-34(30)38(48)43(36(29)46)22-24-8-4-2-5-9-24)35(31-20-26(41)14-19-33(31)45)40(32,39(44)49)25-10-6-3-7-11-25/h2-17,19-20,29-30,32,34-35,42,45H,18,21-22H2,1H3. The molecule has 4 aliphatic rings. The Bertz CT molecular complexity index is 2030. The van der Waals surface area contributed by atoms with E-state index < -0.39 is 46.8 Å². The third kappa shape index (κ3) is 4.72. The lowest BCUT2D eigenvalue weighted by atomic mass is 9.49. The van der Waals surface area contributed by atoms with Crippen LogP contribution in [0.2, 0.25) is 5.02 Å². The molecule has 0 radical (unpaired) electrons. The Morgan fingerprint density at radius 3 is 2.24 bits per heavy atom. The highest BCUT2D eigenvalue weighted by Gasteiger charge is 2.70. The van der Waals surface area contributed by atoms with E-state index in [1.54, 1.807) is 12.1 Å². The molecule has 2 aliphatic heterocycles. The summed E-state index contributed by atoms with van der Waals surface area (Å²) in [6.45, 7) is 2.12. The third-order valence-electron chi connectivity index (χ3n) is 11.0. The fraction of sp³-hybridized carbons (Fsp3) is 0.250. The molecule has 2 aliphatic carbocycles. The molecule has 3 fully saturated rings. The zero-order valence-corrected chi connectivity index (χ0v) is 27.5. The Balaban J connectivity index is 1.30. The molecule has 49 heavy (non-hydrogen) atoms. The van der Waals surface area contributed by atoms with E-state index in [2.05, 4.69) is 5.43 Å². The summed E-state index contributed by atoms with van der Waals surface area (Å²) in [6, 6.07) is 30.7. The van der Waals surface area contributed by atoms with Crippen LogP contribution in [0.5, 0.6) is 5.75 Å². The van der Waals surface area contributed by atoms with Crippen molar-refractivity contribution in [2.45, 2.75) is 37.6 Å². The van der Waals surface area contributed by atoms with Crippen molar-refractivity contribution in [2.75, 3.05) is 5.43 Å². The van der Waals surface area contributed by atoms with E-state index in [1.165, 1.54) is 11.0 Å². The van der Waals surface area contributed by atoms with Gasteiger partial charge in [0, 0.05) is 16.5 Å². The van der Waals surface area contributed by atoms with Crippen molar-refractivity contribution in [3.05, 3.63) is 142 Å². The molecule has 1 saturated carbocycles. The van der Waals surface area contributed by atoms with Gasteiger partial charge in [-0.25, -0.2) is 0 Å². The molecule has 0 spiro atoms. The van der Waals surface area contributed by atoms with Gasteiger partial charge in [0.1, 0.15) is 5.75 Å². The fourth-order valence-corrected chi connectivity index (χ4v) is 9.02. The van der Waals surface area contributed by atoms with Gasteiger partial charge >= 0.3 is 0 Å². The van der Waals surface area contributed by atoms with Gasteiger partial charge in [-0.15, -0.1) is 0 Å². The van der Waals surface area contributed by atoms with E-state index in [-0.39, 0.29) is 30.5 Å². The largest absolute Gasteiger partial charge is 0.508 e. The van der Waals surface area contributed by atoms with Gasteiger partial charge in [-0.2, -0.15) is 5.01 Å². The second kappa shape index (κ2) is 11.7. The molecule has 246 valence electrons. The first kappa shape index (κ1) is 31.1. The summed E-state index contributed by atoms with van der Waals surface area (Å²) in [6.07, 6.45) is 2.45. The first-order valence-electron chi connectivity index (χ1n) is 16.5. The summed E-state index contributed by atoms with van der Waals surface area (Å²) in [4.78, 5) is 59.4. The van der Waals surface area contributed by atoms with Gasteiger partial charge in [-0.05, 0) is 67.1 Å². The number of amides is 4. The number of carbonyl (C=O) groups is 4. The number of hydrogen-bond acceptors (Lipinski definition) is 6. The normalized spacial score (nSPS) is 27.5. The van der Waals surface area contributed by atoms with Gasteiger partial charge in [-0.3, -0.25) is 29.5 Å². The number of aryl methyl sites for hydroxylation is 1. The number of likely N-dealkylation sites (tertiary alicyclic amines) is 1. The zero-order valence-electron chi connectivity index (χ0n) is 26.8. The van der Waals surface area contributed by atoms with Gasteiger partial charge in [0.05, 0.1) is 35.4 Å². The topological polar surface area (TPSA) is 107 Å². The smallest absolute Gasteiger partial charge is 0.260 e. The molecule has 2 N–H and O–H groups in total. The molecule has 4 aromatic carbocycles. The van der Waals surface area contributed by atoms with Gasteiger partial charge in [0.25, 0.3) is 11.8 Å². The second-order valence-corrected chi connectivity index (χ2v) is 14.0. The summed E-state index contributed by atoms with van der Waals surface area (Å²) in [5, 5.41) is 12.9. The SMILES string of the molecule is Cc1ccc(NN2C(=O)C3CC4C(=CCC5C(=O)N(Cc6ccccc6)C(=O)C54)C(c4cc(Cl)ccc4O)C3(c3ccccc3)C2=O)cc1. The zero-order chi connectivity index (χ0) is 34.0. The van der Waals surface area contributed by atoms with Gasteiger partial charge < -0.3 is 5.11 Å². The van der Waals surface area contributed by atoms with Crippen molar-refractivity contribution in [1.29, 1.82) is 0 Å². The van der Waals surface area contributed by atoms with Crippen molar-refractivity contribution in [2.24, 2.45) is 23.7 Å². The van der Waals surface area contributed by atoms with Crippen molar-refractivity contribution in [3.63, 3.8) is 0 Å². The van der Waals surface area contributed by atoms with E-state index in [4.69, 9.17) is 11.6 Å². The highest BCUT2D eigenvalue weighted by atomic mass is 35.5. The number of rotatable bonds is 6. The monoisotopic (exact) mass is 671 g/mol. The molecule has 0 bridgehead atoms. The number of fused-ring (bicyclic) bond motifs is 4. The minimum Gasteiger partial charge on any atom is -0.508 e. The number of hydrogen-bond donors (Lipinski definition) is 2. The van der Waals surface area contributed by atoms with Crippen LogP contribution >= 0.6 is 11.6 Å². The van der Waals surface area contributed by atoms with Crippen molar-refractivity contribution < 1.29 is 24.3 Å². The van der Waals surface area contributed by atoms with Gasteiger partial charge in [0.15, 0.2) is 0 Å². The number of hydrazine groups is 1. The van der Waals surface area contributed by atoms with E-state index in [9.17, 15) is 19.5 Å². The first-order valence-corrected chi connectivity index (χ1v) is 16.9. The van der Waals surface area contributed by atoms with Crippen LogP contribution in [0.25, 0.3) is 0 Å².